The Labute approximate surface area is 72.0 Å². The van der Waals surface area contributed by atoms with E-state index in [1.165, 1.54) is 0 Å². The van der Waals surface area contributed by atoms with Gasteiger partial charge in [0.05, 0.1) is 12.8 Å². The van der Waals surface area contributed by atoms with Crippen molar-refractivity contribution in [2.75, 3.05) is 0 Å². The first-order valence-corrected chi connectivity index (χ1v) is 2.06. The maximum atomic E-state index is 9.64. The molecule has 0 bridgehead atoms. The minimum atomic E-state index is -1.08. The third-order valence-electron chi connectivity index (χ3n) is 0.553. The summed E-state index contributed by atoms with van der Waals surface area (Å²) in [6.45, 7) is 0. The van der Waals surface area contributed by atoms with Crippen LogP contribution in [0.1, 0.15) is 12.8 Å². The third-order valence-corrected chi connectivity index (χ3v) is 0.553. The van der Waals surface area contributed by atoms with Crippen molar-refractivity contribution in [3.63, 3.8) is 0 Å². The van der Waals surface area contributed by atoms with Gasteiger partial charge in [0, 0.05) is 27.3 Å². The Morgan fingerprint density at radius 2 is 1.22 bits per heavy atom. The molecule has 0 aliphatic rings. The summed E-state index contributed by atoms with van der Waals surface area (Å²) in [6, 6.07) is 0. The molecule has 0 rings (SSSR count). The van der Waals surface area contributed by atoms with Crippen LogP contribution in [0, 0.1) is 0 Å². The summed E-state index contributed by atoms with van der Waals surface area (Å²) < 4.78 is 0. The Morgan fingerprint density at radius 3 is 1.33 bits per heavy atom. The van der Waals surface area contributed by atoms with Gasteiger partial charge in [-0.05, 0) is 0 Å². The Hall–Kier alpha value is -0.138. The van der Waals surface area contributed by atoms with Crippen LogP contribution >= 0.6 is 0 Å². The van der Waals surface area contributed by atoms with Crippen molar-refractivity contribution in [2.24, 2.45) is 0 Å². The number of aliphatic carboxylic acids is 2. The van der Waals surface area contributed by atoms with Gasteiger partial charge in [-0.15, -0.1) is 0 Å². The minimum absolute atomic E-state index is 0. The SMILES string of the molecule is O=C(O)CCC(=O)O.[Cd]. The van der Waals surface area contributed by atoms with E-state index in [-0.39, 0.29) is 40.1 Å². The van der Waals surface area contributed by atoms with E-state index in [1.54, 1.807) is 0 Å². The summed E-state index contributed by atoms with van der Waals surface area (Å²) in [7, 11) is 0. The van der Waals surface area contributed by atoms with Gasteiger partial charge in [0.25, 0.3) is 0 Å². The number of hydrogen-bond donors (Lipinski definition) is 2. The van der Waals surface area contributed by atoms with Crippen molar-refractivity contribution in [2.45, 2.75) is 12.8 Å². The monoisotopic (exact) mass is 232 g/mol. The van der Waals surface area contributed by atoms with E-state index in [1.807, 2.05) is 0 Å². The van der Waals surface area contributed by atoms with Crippen molar-refractivity contribution in [3.8, 4) is 0 Å². The summed E-state index contributed by atoms with van der Waals surface area (Å²) in [4.78, 5) is 19.3. The molecule has 0 amide bonds. The van der Waals surface area contributed by atoms with Gasteiger partial charge in [-0.25, -0.2) is 0 Å². The fourth-order valence-electron chi connectivity index (χ4n) is 0.214. The van der Waals surface area contributed by atoms with Crippen LogP contribution in [0.25, 0.3) is 0 Å². The molecule has 0 radical (unpaired) electrons. The van der Waals surface area contributed by atoms with Crippen LogP contribution in [-0.4, -0.2) is 22.2 Å². The molecule has 0 saturated heterocycles. The Bertz CT molecular complexity index is 97.1. The molecule has 0 atom stereocenters. The van der Waals surface area contributed by atoms with E-state index in [2.05, 4.69) is 0 Å². The van der Waals surface area contributed by atoms with Gasteiger partial charge in [0.1, 0.15) is 0 Å². The zero-order valence-electron chi connectivity index (χ0n) is 4.83. The molecule has 2 N–H and O–H groups in total. The maximum Gasteiger partial charge on any atom is 0.303 e. The van der Waals surface area contributed by atoms with Crippen molar-refractivity contribution < 1.29 is 47.1 Å². The van der Waals surface area contributed by atoms with Crippen LogP contribution in [0.15, 0.2) is 0 Å². The number of hydrogen-bond acceptors (Lipinski definition) is 2. The fourth-order valence-corrected chi connectivity index (χ4v) is 0.214. The smallest absolute Gasteiger partial charge is 0.303 e. The Balaban J connectivity index is 0. The molecular formula is C4H6CdO4. The van der Waals surface area contributed by atoms with E-state index in [4.69, 9.17) is 10.2 Å². The zero-order valence-corrected chi connectivity index (χ0v) is 8.87. The van der Waals surface area contributed by atoms with Crippen LogP contribution in [-0.2, 0) is 36.9 Å². The molecule has 0 aromatic heterocycles. The first kappa shape index (κ1) is 11.6. The normalized spacial score (nSPS) is 7.56. The predicted octanol–water partition coefficient (Wildman–Crippen LogP) is -0.0667. The van der Waals surface area contributed by atoms with Crippen LogP contribution in [0.3, 0.4) is 0 Å². The second-order valence-corrected chi connectivity index (χ2v) is 1.29. The molecule has 0 spiro atoms. The van der Waals surface area contributed by atoms with Gasteiger partial charge in [0.2, 0.25) is 0 Å². The van der Waals surface area contributed by atoms with Gasteiger partial charge >= 0.3 is 11.9 Å². The first-order valence-electron chi connectivity index (χ1n) is 2.06. The van der Waals surface area contributed by atoms with Gasteiger partial charge in [-0.2, -0.15) is 0 Å². The van der Waals surface area contributed by atoms with Gasteiger partial charge in [-0.1, -0.05) is 0 Å². The summed E-state index contributed by atoms with van der Waals surface area (Å²) in [6.07, 6.45) is -0.593. The predicted molar refractivity (Wildman–Crippen MR) is 24.5 cm³/mol. The fraction of sp³-hybridized carbons (Fsp3) is 0.500. The van der Waals surface area contributed by atoms with Crippen molar-refractivity contribution in [1.29, 1.82) is 0 Å². The van der Waals surface area contributed by atoms with Crippen LogP contribution in [0.5, 0.6) is 0 Å². The van der Waals surface area contributed by atoms with Crippen LogP contribution in [0.4, 0.5) is 0 Å². The molecule has 0 aromatic carbocycles. The van der Waals surface area contributed by atoms with Gasteiger partial charge in [-0.3, -0.25) is 9.59 Å². The van der Waals surface area contributed by atoms with Crippen molar-refractivity contribution in [3.05, 3.63) is 0 Å². The molecular weight excluding hydrogens is 224 g/mol. The van der Waals surface area contributed by atoms with Crippen LogP contribution in [0.2, 0.25) is 0 Å². The number of carboxylic acid groups (broad SMARTS) is 2. The zero-order chi connectivity index (χ0) is 6.57. The van der Waals surface area contributed by atoms with Gasteiger partial charge in [0.15, 0.2) is 0 Å². The number of rotatable bonds is 3. The molecule has 48 valence electrons. The van der Waals surface area contributed by atoms with Crippen molar-refractivity contribution >= 4 is 11.9 Å². The summed E-state index contributed by atoms with van der Waals surface area (Å²) in [5.41, 5.74) is 0. The number of carbonyl (C=O) groups is 2. The average molecular weight is 230 g/mol. The van der Waals surface area contributed by atoms with Crippen LogP contribution < -0.4 is 0 Å². The molecule has 0 fully saturated rings. The molecule has 0 heterocycles. The standard InChI is InChI=1S/C4H6O4.Cd/c5-3(6)1-2-4(7)8;/h1-2H2,(H,5,6)(H,7,8);. The topological polar surface area (TPSA) is 74.6 Å². The minimum Gasteiger partial charge on any atom is -0.481 e. The Morgan fingerprint density at radius 1 is 1.00 bits per heavy atom. The molecule has 4 nitrogen and oxygen atoms in total. The molecule has 0 unspecified atom stereocenters. The molecule has 0 saturated carbocycles. The average Bonchev–Trinajstić information content (AvgIpc) is 1.61. The largest absolute Gasteiger partial charge is 0.481 e. The molecule has 9 heavy (non-hydrogen) atoms. The second kappa shape index (κ2) is 5.99. The first-order chi connectivity index (χ1) is 3.63. The Kier molecular flexibility index (Phi) is 7.74. The summed E-state index contributed by atoms with van der Waals surface area (Å²) >= 11 is 0. The van der Waals surface area contributed by atoms with E-state index < -0.39 is 11.9 Å². The second-order valence-electron chi connectivity index (χ2n) is 1.29. The molecule has 0 aliphatic heterocycles. The number of carboxylic acids is 2. The quantitative estimate of drug-likeness (QED) is 0.666. The molecule has 5 heteroatoms. The molecule has 0 aromatic rings. The summed E-state index contributed by atoms with van der Waals surface area (Å²) in [5, 5.41) is 15.8. The van der Waals surface area contributed by atoms with E-state index in [0.29, 0.717) is 0 Å². The summed E-state index contributed by atoms with van der Waals surface area (Å²) in [5.74, 6) is -2.15. The van der Waals surface area contributed by atoms with E-state index >= 15 is 0 Å². The van der Waals surface area contributed by atoms with E-state index in [9.17, 15) is 9.59 Å². The van der Waals surface area contributed by atoms with Crippen molar-refractivity contribution in [1.82, 2.24) is 0 Å². The van der Waals surface area contributed by atoms with Gasteiger partial charge < -0.3 is 10.2 Å². The molecule has 0 aliphatic carbocycles. The van der Waals surface area contributed by atoms with E-state index in [0.717, 1.165) is 0 Å². The third kappa shape index (κ3) is 11.4. The maximum absolute atomic E-state index is 9.64.